The molecule has 0 aliphatic heterocycles. The minimum absolute atomic E-state index is 0.210. The zero-order valence-corrected chi connectivity index (χ0v) is 17.5. The Labute approximate surface area is 163 Å². The van der Waals surface area contributed by atoms with Crippen molar-refractivity contribution in [2.45, 2.75) is 85.2 Å². The maximum Gasteiger partial charge on any atom is 0.243 e. The van der Waals surface area contributed by atoms with Gasteiger partial charge in [0.05, 0.1) is 0 Å². The minimum atomic E-state index is -0.645. The Morgan fingerprint density at radius 2 is 1.37 bits per heavy atom. The third kappa shape index (κ3) is 13.0. The van der Waals surface area contributed by atoms with E-state index >= 15 is 0 Å². The first-order chi connectivity index (χ1) is 12.7. The van der Waals surface area contributed by atoms with E-state index in [1.807, 2.05) is 27.7 Å². The Morgan fingerprint density at radius 1 is 0.815 bits per heavy atom. The van der Waals surface area contributed by atoms with E-state index in [0.717, 1.165) is 25.5 Å². The van der Waals surface area contributed by atoms with Gasteiger partial charge < -0.3 is 20.7 Å². The number of hydrogen-bond donors (Lipinski definition) is 3. The Morgan fingerprint density at radius 3 is 1.85 bits per heavy atom. The van der Waals surface area contributed by atoms with Gasteiger partial charge in [-0.3, -0.25) is 14.4 Å². The Balaban J connectivity index is 4.75. The van der Waals surface area contributed by atoms with Crippen LogP contribution in [0.5, 0.6) is 0 Å². The van der Waals surface area contributed by atoms with E-state index in [4.69, 9.17) is 0 Å². The molecule has 27 heavy (non-hydrogen) atoms. The number of unbranched alkanes of at least 4 members (excludes halogenated alkanes) is 3. The molecule has 0 unspecified atom stereocenters. The molecule has 2 atom stereocenters. The quantitative estimate of drug-likeness (QED) is 0.315. The van der Waals surface area contributed by atoms with Crippen molar-refractivity contribution in [3.63, 3.8) is 0 Å². The zero-order valence-electron chi connectivity index (χ0n) is 17.5. The number of hydrogen-bond acceptors (Lipinski definition) is 4. The maximum absolute atomic E-state index is 12.6. The third-order valence-electron chi connectivity index (χ3n) is 4.04. The molecule has 0 radical (unpaired) electrons. The molecule has 0 fully saturated rings. The molecule has 0 spiro atoms. The first-order valence-electron chi connectivity index (χ1n) is 9.96. The smallest absolute Gasteiger partial charge is 0.243 e. The number of carbonyl (C=O) groups excluding carboxylic acids is 4. The van der Waals surface area contributed by atoms with Crippen LogP contribution in [-0.4, -0.2) is 42.6 Å². The summed E-state index contributed by atoms with van der Waals surface area (Å²) in [6.45, 7) is 9.83. The fraction of sp³-hybridized carbons (Fsp3) is 0.800. The lowest BCUT2D eigenvalue weighted by Crippen LogP contribution is -2.54. The second kappa shape index (κ2) is 14.2. The van der Waals surface area contributed by atoms with Crippen LogP contribution in [0.3, 0.4) is 0 Å². The van der Waals surface area contributed by atoms with E-state index in [0.29, 0.717) is 25.8 Å². The Kier molecular flexibility index (Phi) is 13.2. The summed E-state index contributed by atoms with van der Waals surface area (Å²) in [5, 5.41) is 8.34. The highest BCUT2D eigenvalue weighted by atomic mass is 16.2. The van der Waals surface area contributed by atoms with Crippen molar-refractivity contribution >= 4 is 24.0 Å². The predicted molar refractivity (Wildman–Crippen MR) is 106 cm³/mol. The summed E-state index contributed by atoms with van der Waals surface area (Å²) in [5.41, 5.74) is 0. The van der Waals surface area contributed by atoms with Crippen molar-refractivity contribution in [1.82, 2.24) is 16.0 Å². The fourth-order valence-corrected chi connectivity index (χ4v) is 2.79. The summed E-state index contributed by atoms with van der Waals surface area (Å²) in [5.74, 6) is -0.338. The summed E-state index contributed by atoms with van der Waals surface area (Å²) in [6, 6.07) is -1.27. The highest BCUT2D eigenvalue weighted by molar-refractivity contribution is 5.91. The standard InChI is InChI=1S/C20H37N3O4/c1-14(2)12-17(19(26)21-10-8-6-7-9-11-24)23-20(27)18(13-15(3)4)22-16(5)25/h11,14-15,17-18H,6-10,12-13H2,1-5H3,(H,21,26)(H,22,25)(H,23,27)/t17-,18-/m0/s1. The molecule has 0 saturated carbocycles. The highest BCUT2D eigenvalue weighted by Crippen LogP contribution is 2.09. The molecule has 0 aromatic carbocycles. The summed E-state index contributed by atoms with van der Waals surface area (Å²) >= 11 is 0. The van der Waals surface area contributed by atoms with E-state index < -0.39 is 12.1 Å². The van der Waals surface area contributed by atoms with Crippen molar-refractivity contribution in [2.75, 3.05) is 6.54 Å². The lowest BCUT2D eigenvalue weighted by Gasteiger charge is -2.24. The van der Waals surface area contributed by atoms with Gasteiger partial charge in [-0.15, -0.1) is 0 Å². The molecular weight excluding hydrogens is 346 g/mol. The first kappa shape index (κ1) is 25.1. The molecule has 7 nitrogen and oxygen atoms in total. The van der Waals surface area contributed by atoms with Crippen LogP contribution in [0.4, 0.5) is 0 Å². The number of nitrogens with one attached hydrogen (secondary N) is 3. The van der Waals surface area contributed by atoms with Crippen molar-refractivity contribution in [1.29, 1.82) is 0 Å². The molecule has 0 aliphatic rings. The molecule has 0 aromatic heterocycles. The van der Waals surface area contributed by atoms with E-state index in [1.165, 1.54) is 6.92 Å². The van der Waals surface area contributed by atoms with Crippen LogP contribution in [0.15, 0.2) is 0 Å². The molecule has 0 rings (SSSR count). The summed E-state index contributed by atoms with van der Waals surface area (Å²) < 4.78 is 0. The number of aldehydes is 1. The van der Waals surface area contributed by atoms with Crippen LogP contribution < -0.4 is 16.0 Å². The molecule has 0 aliphatic carbocycles. The second-order valence-corrected chi connectivity index (χ2v) is 7.88. The van der Waals surface area contributed by atoms with Gasteiger partial charge in [0, 0.05) is 19.9 Å². The van der Waals surface area contributed by atoms with Crippen molar-refractivity contribution < 1.29 is 19.2 Å². The van der Waals surface area contributed by atoms with Crippen LogP contribution >= 0.6 is 0 Å². The summed E-state index contributed by atoms with van der Waals surface area (Å²) in [4.78, 5) is 46.8. The topological polar surface area (TPSA) is 104 Å². The molecule has 7 heteroatoms. The zero-order chi connectivity index (χ0) is 20.8. The lowest BCUT2D eigenvalue weighted by molar-refractivity contribution is -0.132. The largest absolute Gasteiger partial charge is 0.354 e. The third-order valence-corrected chi connectivity index (χ3v) is 4.04. The van der Waals surface area contributed by atoms with Crippen molar-refractivity contribution in [3.05, 3.63) is 0 Å². The van der Waals surface area contributed by atoms with Gasteiger partial charge in [-0.2, -0.15) is 0 Å². The van der Waals surface area contributed by atoms with Gasteiger partial charge in [0.1, 0.15) is 18.4 Å². The fourth-order valence-electron chi connectivity index (χ4n) is 2.79. The van der Waals surface area contributed by atoms with Gasteiger partial charge in [0.15, 0.2) is 0 Å². The molecule has 0 bridgehead atoms. The molecule has 3 amide bonds. The highest BCUT2D eigenvalue weighted by Gasteiger charge is 2.27. The van der Waals surface area contributed by atoms with Gasteiger partial charge in [0.2, 0.25) is 17.7 Å². The van der Waals surface area contributed by atoms with Gasteiger partial charge >= 0.3 is 0 Å². The molecule has 0 heterocycles. The van der Waals surface area contributed by atoms with Crippen molar-refractivity contribution in [3.8, 4) is 0 Å². The van der Waals surface area contributed by atoms with E-state index in [2.05, 4.69) is 16.0 Å². The molecule has 0 aromatic rings. The Hall–Kier alpha value is -1.92. The second-order valence-electron chi connectivity index (χ2n) is 7.88. The van der Waals surface area contributed by atoms with Gasteiger partial charge in [-0.05, 0) is 37.5 Å². The SMILES string of the molecule is CC(=O)N[C@@H](CC(C)C)C(=O)N[C@@H](CC(C)C)C(=O)NCCCCCC=O. The normalized spacial score (nSPS) is 13.1. The van der Waals surface area contributed by atoms with Gasteiger partial charge in [0.25, 0.3) is 0 Å². The molecule has 156 valence electrons. The molecule has 0 saturated heterocycles. The number of rotatable bonds is 14. The van der Waals surface area contributed by atoms with Crippen LogP contribution in [0.1, 0.15) is 73.1 Å². The first-order valence-corrected chi connectivity index (χ1v) is 9.96. The number of amides is 3. The van der Waals surface area contributed by atoms with Crippen LogP contribution in [0, 0.1) is 11.8 Å². The van der Waals surface area contributed by atoms with E-state index in [1.54, 1.807) is 0 Å². The van der Waals surface area contributed by atoms with Crippen LogP contribution in [-0.2, 0) is 19.2 Å². The van der Waals surface area contributed by atoms with E-state index in [-0.39, 0.29) is 29.6 Å². The van der Waals surface area contributed by atoms with Gasteiger partial charge in [-0.25, -0.2) is 0 Å². The monoisotopic (exact) mass is 383 g/mol. The van der Waals surface area contributed by atoms with Crippen LogP contribution in [0.2, 0.25) is 0 Å². The van der Waals surface area contributed by atoms with Gasteiger partial charge in [-0.1, -0.05) is 34.1 Å². The van der Waals surface area contributed by atoms with E-state index in [9.17, 15) is 19.2 Å². The summed E-state index contributed by atoms with van der Waals surface area (Å²) in [7, 11) is 0. The average molecular weight is 384 g/mol. The summed E-state index contributed by atoms with van der Waals surface area (Å²) in [6.07, 6.45) is 4.97. The molecular formula is C20H37N3O4. The Bertz CT molecular complexity index is 478. The minimum Gasteiger partial charge on any atom is -0.354 e. The number of carbonyl (C=O) groups is 4. The predicted octanol–water partition coefficient (Wildman–Crippen LogP) is 1.94. The maximum atomic E-state index is 12.6. The van der Waals surface area contributed by atoms with Crippen LogP contribution in [0.25, 0.3) is 0 Å². The lowest BCUT2D eigenvalue weighted by atomic mass is 10.00. The van der Waals surface area contributed by atoms with Crippen molar-refractivity contribution in [2.24, 2.45) is 11.8 Å². The average Bonchev–Trinajstić information content (AvgIpc) is 2.55. The molecule has 3 N–H and O–H groups in total.